The van der Waals surface area contributed by atoms with Gasteiger partial charge in [-0.1, -0.05) is 0 Å². The topological polar surface area (TPSA) is 38.7 Å². The van der Waals surface area contributed by atoms with Gasteiger partial charge in [-0.15, -0.1) is 11.3 Å². The van der Waals surface area contributed by atoms with Crippen LogP contribution in [0.3, 0.4) is 0 Å². The van der Waals surface area contributed by atoms with Crippen LogP contribution in [0.15, 0.2) is 24.0 Å². The molecule has 0 aliphatic heterocycles. The van der Waals surface area contributed by atoms with Gasteiger partial charge in [0.25, 0.3) is 0 Å². The van der Waals surface area contributed by atoms with E-state index in [0.717, 1.165) is 10.6 Å². The second-order valence-corrected chi connectivity index (χ2v) is 2.79. The van der Waals surface area contributed by atoms with Gasteiger partial charge in [0.1, 0.15) is 0 Å². The van der Waals surface area contributed by atoms with Gasteiger partial charge in [-0.05, 0) is 6.07 Å². The average molecular weight is 162 g/mol. The lowest BCUT2D eigenvalue weighted by atomic mass is 10.4. The summed E-state index contributed by atoms with van der Waals surface area (Å²) in [4.78, 5) is 12.6. The quantitative estimate of drug-likeness (QED) is 0.636. The molecule has 2 aromatic heterocycles. The van der Waals surface area contributed by atoms with Crippen LogP contribution in [0.2, 0.25) is 0 Å². The summed E-state index contributed by atoms with van der Waals surface area (Å²) in [6.07, 6.45) is 5.98. The first kappa shape index (κ1) is 6.42. The summed E-state index contributed by atoms with van der Waals surface area (Å²) in [5, 5.41) is 0. The van der Waals surface area contributed by atoms with Gasteiger partial charge in [-0.25, -0.2) is 9.97 Å². The molecule has 0 fully saturated rings. The predicted molar refractivity (Wildman–Crippen MR) is 42.0 cm³/mol. The molecule has 2 rings (SSSR count). The summed E-state index contributed by atoms with van der Waals surface area (Å²) in [6, 6.07) is 1.84. The first-order valence-corrected chi connectivity index (χ1v) is 3.93. The lowest BCUT2D eigenvalue weighted by Crippen LogP contribution is -1.80. The molecule has 0 saturated heterocycles. The zero-order valence-corrected chi connectivity index (χ0v) is 6.38. The summed E-state index contributed by atoms with van der Waals surface area (Å²) < 4.78 is 0. The highest BCUT2D eigenvalue weighted by atomic mass is 32.1. The Morgan fingerprint density at radius 1 is 1.45 bits per heavy atom. The largest absolute Gasteiger partial charge is 0.252 e. The van der Waals surface area contributed by atoms with Crippen molar-refractivity contribution in [1.82, 2.24) is 15.0 Å². The van der Waals surface area contributed by atoms with Crippen LogP contribution >= 0.6 is 11.3 Å². The number of nitrogens with zero attached hydrogens (tertiary/aromatic N) is 3. The smallest absolute Gasteiger partial charge is 0.198 e. The van der Waals surface area contributed by atoms with E-state index >= 15 is 0 Å². The summed E-state index contributed by atoms with van der Waals surface area (Å²) in [5.74, 6) is 0. The van der Waals surface area contributed by atoms with E-state index in [0.29, 0.717) is 0 Å². The molecule has 53 valence electrons. The van der Waals surface area contributed by atoms with E-state index < -0.39 is 0 Å². The summed E-state index contributed by atoms with van der Waals surface area (Å²) >= 11 is 1.55. The Balaban J connectivity index is 2.46. The molecule has 0 bridgehead atoms. The number of thiazole rings is 1. The Morgan fingerprint density at radius 3 is 3.09 bits per heavy atom. The van der Waals surface area contributed by atoms with Crippen LogP contribution in [-0.4, -0.2) is 15.0 Å². The Labute approximate surface area is 67.8 Å². The van der Waals surface area contributed by atoms with E-state index in [1.54, 1.807) is 29.2 Å². The molecule has 4 heteroatoms. The maximum atomic E-state index is 3.96. The second kappa shape index (κ2) is 2.75. The molecule has 0 aliphatic carbocycles. The van der Waals surface area contributed by atoms with Crippen LogP contribution in [0.1, 0.15) is 0 Å². The average Bonchev–Trinajstić information content (AvgIpc) is 2.58. The minimum atomic E-state index is 0.877. The normalized spacial score (nSPS) is 9.82. The van der Waals surface area contributed by atoms with Crippen LogP contribution in [0.5, 0.6) is 0 Å². The maximum absolute atomic E-state index is 3.96. The molecule has 0 amide bonds. The monoisotopic (exact) mass is 162 g/mol. The van der Waals surface area contributed by atoms with Crippen molar-refractivity contribution in [3.8, 4) is 10.6 Å². The molecule has 1 radical (unpaired) electrons. The lowest BCUT2D eigenvalue weighted by molar-refractivity contribution is 1.16. The molecule has 3 nitrogen and oxygen atoms in total. The number of hydrogen-bond acceptors (Lipinski definition) is 4. The first-order chi connectivity index (χ1) is 5.47. The van der Waals surface area contributed by atoms with E-state index in [-0.39, 0.29) is 0 Å². The number of hydrogen-bond donors (Lipinski definition) is 0. The second-order valence-electron chi connectivity index (χ2n) is 1.91. The van der Waals surface area contributed by atoms with Crippen molar-refractivity contribution in [2.24, 2.45) is 0 Å². The third kappa shape index (κ3) is 1.25. The predicted octanol–water partition coefficient (Wildman–Crippen LogP) is 1.40. The van der Waals surface area contributed by atoms with Crippen molar-refractivity contribution in [3.63, 3.8) is 0 Å². The molecule has 2 heterocycles. The van der Waals surface area contributed by atoms with Gasteiger partial charge in [-0.2, -0.15) is 0 Å². The van der Waals surface area contributed by atoms with Crippen molar-refractivity contribution in [2.45, 2.75) is 0 Å². The van der Waals surface area contributed by atoms with E-state index in [1.165, 1.54) is 0 Å². The fourth-order valence-electron chi connectivity index (χ4n) is 0.741. The van der Waals surface area contributed by atoms with Gasteiger partial charge < -0.3 is 0 Å². The van der Waals surface area contributed by atoms with Crippen LogP contribution in [0.25, 0.3) is 10.6 Å². The lowest BCUT2D eigenvalue weighted by Gasteiger charge is -1.89. The molecular weight excluding hydrogens is 158 g/mol. The van der Waals surface area contributed by atoms with Gasteiger partial charge in [0.15, 0.2) is 6.33 Å². The number of aromatic nitrogens is 3. The summed E-state index contributed by atoms with van der Waals surface area (Å²) in [6.45, 7) is 0. The van der Waals surface area contributed by atoms with Crippen LogP contribution < -0.4 is 0 Å². The van der Waals surface area contributed by atoms with Gasteiger partial charge >= 0.3 is 0 Å². The van der Waals surface area contributed by atoms with E-state index in [4.69, 9.17) is 0 Å². The Bertz CT molecular complexity index is 317. The first-order valence-electron chi connectivity index (χ1n) is 3.05. The molecule has 11 heavy (non-hydrogen) atoms. The van der Waals surface area contributed by atoms with Gasteiger partial charge in [0.05, 0.1) is 16.1 Å². The highest BCUT2D eigenvalue weighted by Gasteiger charge is 1.97. The van der Waals surface area contributed by atoms with Crippen LogP contribution in [0.4, 0.5) is 0 Å². The highest BCUT2D eigenvalue weighted by Crippen LogP contribution is 2.18. The van der Waals surface area contributed by atoms with E-state index in [1.807, 2.05) is 6.07 Å². The Morgan fingerprint density at radius 2 is 2.45 bits per heavy atom. The molecule has 0 N–H and O–H groups in total. The third-order valence-electron chi connectivity index (χ3n) is 1.22. The van der Waals surface area contributed by atoms with Crippen molar-refractivity contribution in [1.29, 1.82) is 0 Å². The van der Waals surface area contributed by atoms with Crippen LogP contribution in [0, 0.1) is 6.33 Å². The highest BCUT2D eigenvalue weighted by molar-refractivity contribution is 7.13. The summed E-state index contributed by atoms with van der Waals surface area (Å²) in [5.41, 5.74) is 2.65. The minimum Gasteiger partial charge on any atom is -0.252 e. The zero-order chi connectivity index (χ0) is 7.52. The molecule has 0 atom stereocenters. The SMILES string of the molecule is [c]1nccc(-c2cncs2)n1. The minimum absolute atomic E-state index is 0.877. The van der Waals surface area contributed by atoms with Gasteiger partial charge in [-0.3, -0.25) is 4.98 Å². The van der Waals surface area contributed by atoms with Crippen molar-refractivity contribution < 1.29 is 0 Å². The maximum Gasteiger partial charge on any atom is 0.198 e. The van der Waals surface area contributed by atoms with Crippen molar-refractivity contribution in [3.05, 3.63) is 30.3 Å². The molecule has 0 aromatic carbocycles. The third-order valence-corrected chi connectivity index (χ3v) is 2.02. The van der Waals surface area contributed by atoms with Crippen LogP contribution in [-0.2, 0) is 0 Å². The molecule has 0 aliphatic rings. The Kier molecular flexibility index (Phi) is 1.61. The number of rotatable bonds is 1. The van der Waals surface area contributed by atoms with Crippen molar-refractivity contribution >= 4 is 11.3 Å². The molecule has 2 aromatic rings. The fourth-order valence-corrected chi connectivity index (χ4v) is 1.33. The molecule has 0 spiro atoms. The van der Waals surface area contributed by atoms with E-state index in [2.05, 4.69) is 21.3 Å². The zero-order valence-electron chi connectivity index (χ0n) is 5.56. The fraction of sp³-hybridized carbons (Fsp3) is 0. The van der Waals surface area contributed by atoms with Gasteiger partial charge in [0, 0.05) is 12.4 Å². The van der Waals surface area contributed by atoms with E-state index in [9.17, 15) is 0 Å². The molecule has 0 saturated carbocycles. The van der Waals surface area contributed by atoms with Crippen molar-refractivity contribution in [2.75, 3.05) is 0 Å². The standard InChI is InChI=1S/C7H4N3S/c1-2-8-4-10-6(1)7-3-9-5-11-7/h1-3,5H. The molecular formula is C7H4N3S. The Hall–Kier alpha value is -1.29. The molecule has 0 unspecified atom stereocenters. The summed E-state index contributed by atoms with van der Waals surface area (Å²) in [7, 11) is 0. The van der Waals surface area contributed by atoms with Gasteiger partial charge in [0.2, 0.25) is 0 Å².